The average Bonchev–Trinajstić information content (AvgIpc) is 2.99. The van der Waals surface area contributed by atoms with Gasteiger partial charge in [0.15, 0.2) is 0 Å². The molecule has 6 unspecified atom stereocenters. The number of carbonyl (C=O) groups is 2. The monoisotopic (exact) mass is 250 g/mol. The van der Waals surface area contributed by atoms with Crippen LogP contribution in [0.2, 0.25) is 0 Å². The van der Waals surface area contributed by atoms with Gasteiger partial charge in [-0.15, -0.1) is 0 Å². The summed E-state index contributed by atoms with van der Waals surface area (Å²) in [6.45, 7) is 6.13. The number of ether oxygens (including phenoxy) is 2. The van der Waals surface area contributed by atoms with Gasteiger partial charge in [0.1, 0.15) is 6.10 Å². The summed E-state index contributed by atoms with van der Waals surface area (Å²) in [4.78, 5) is 23.2. The van der Waals surface area contributed by atoms with E-state index in [0.717, 1.165) is 12.8 Å². The predicted molar refractivity (Wildman–Crippen MR) is 63.4 cm³/mol. The summed E-state index contributed by atoms with van der Waals surface area (Å²) < 4.78 is 10.6. The lowest BCUT2D eigenvalue weighted by atomic mass is 9.80. The van der Waals surface area contributed by atoms with Crippen LogP contribution in [0.15, 0.2) is 12.7 Å². The number of cyclic esters (lactones) is 1. The summed E-state index contributed by atoms with van der Waals surface area (Å²) in [5.74, 6) is 0.955. The molecule has 0 N–H and O–H groups in total. The highest BCUT2D eigenvalue weighted by Gasteiger charge is 2.64. The van der Waals surface area contributed by atoms with Gasteiger partial charge in [0.05, 0.1) is 12.5 Å². The van der Waals surface area contributed by atoms with Crippen molar-refractivity contribution < 1.29 is 19.1 Å². The smallest absolute Gasteiger partial charge is 0.330 e. The van der Waals surface area contributed by atoms with Crippen LogP contribution < -0.4 is 0 Å². The summed E-state index contributed by atoms with van der Waals surface area (Å²) in [5, 5.41) is 0. The van der Waals surface area contributed by atoms with Gasteiger partial charge in [-0.3, -0.25) is 4.79 Å². The maximum absolute atomic E-state index is 11.8. The lowest BCUT2D eigenvalue weighted by Crippen LogP contribution is -2.35. The van der Waals surface area contributed by atoms with E-state index in [1.54, 1.807) is 0 Å². The van der Waals surface area contributed by atoms with Crippen molar-refractivity contribution in [1.82, 2.24) is 0 Å². The maximum atomic E-state index is 11.8. The Morgan fingerprint density at radius 2 is 2.33 bits per heavy atom. The van der Waals surface area contributed by atoms with Crippen LogP contribution in [-0.2, 0) is 19.1 Å². The quantitative estimate of drug-likeness (QED) is 0.563. The first-order valence-electron chi connectivity index (χ1n) is 6.67. The molecule has 18 heavy (non-hydrogen) atoms. The first-order chi connectivity index (χ1) is 8.67. The topological polar surface area (TPSA) is 52.6 Å². The minimum Gasteiger partial charge on any atom is -0.465 e. The molecule has 0 amide bonds. The zero-order valence-electron chi connectivity index (χ0n) is 10.5. The van der Waals surface area contributed by atoms with Gasteiger partial charge in [-0.05, 0) is 18.3 Å². The van der Waals surface area contributed by atoms with Gasteiger partial charge in [0.25, 0.3) is 0 Å². The number of hydrogen-bond donors (Lipinski definition) is 0. The van der Waals surface area contributed by atoms with Crippen LogP contribution in [0.3, 0.4) is 0 Å². The van der Waals surface area contributed by atoms with E-state index in [0.29, 0.717) is 24.4 Å². The van der Waals surface area contributed by atoms with Crippen molar-refractivity contribution in [2.45, 2.75) is 25.9 Å². The molecule has 6 atom stereocenters. The second kappa shape index (κ2) is 4.11. The largest absolute Gasteiger partial charge is 0.465 e. The summed E-state index contributed by atoms with van der Waals surface area (Å²) in [5.41, 5.74) is 0. The van der Waals surface area contributed by atoms with Gasteiger partial charge in [-0.1, -0.05) is 19.9 Å². The fraction of sp³-hybridized carbons (Fsp3) is 0.714. The van der Waals surface area contributed by atoms with Crippen LogP contribution in [0, 0.1) is 29.6 Å². The zero-order valence-corrected chi connectivity index (χ0v) is 10.5. The van der Waals surface area contributed by atoms with Gasteiger partial charge >= 0.3 is 11.9 Å². The first-order valence-corrected chi connectivity index (χ1v) is 6.67. The maximum Gasteiger partial charge on any atom is 0.330 e. The number of carbonyl (C=O) groups excluding carboxylic acids is 2. The number of hydrogen-bond acceptors (Lipinski definition) is 4. The molecule has 2 bridgehead atoms. The van der Waals surface area contributed by atoms with Crippen LogP contribution >= 0.6 is 0 Å². The van der Waals surface area contributed by atoms with Crippen molar-refractivity contribution in [3.63, 3.8) is 0 Å². The molecule has 0 aromatic rings. The molecule has 3 rings (SSSR count). The van der Waals surface area contributed by atoms with Crippen LogP contribution in [0.5, 0.6) is 0 Å². The molecule has 2 aliphatic carbocycles. The van der Waals surface area contributed by atoms with Gasteiger partial charge in [-0.25, -0.2) is 4.79 Å². The van der Waals surface area contributed by atoms with Gasteiger partial charge in [0, 0.05) is 17.9 Å². The summed E-state index contributed by atoms with van der Waals surface area (Å²) in [7, 11) is 0. The number of fused-ring (bicyclic) bond motifs is 5. The molecular formula is C14H18O4. The summed E-state index contributed by atoms with van der Waals surface area (Å²) in [6, 6.07) is 0. The highest BCUT2D eigenvalue weighted by Crippen LogP contribution is 2.60. The van der Waals surface area contributed by atoms with E-state index in [2.05, 4.69) is 13.5 Å². The fourth-order valence-electron chi connectivity index (χ4n) is 4.44. The van der Waals surface area contributed by atoms with Crippen molar-refractivity contribution in [3.8, 4) is 0 Å². The molecule has 1 heterocycles. The Morgan fingerprint density at radius 1 is 1.56 bits per heavy atom. The molecule has 0 spiro atoms. The lowest BCUT2D eigenvalue weighted by molar-refractivity contribution is -0.152. The number of esters is 2. The van der Waals surface area contributed by atoms with Crippen LogP contribution in [0.1, 0.15) is 19.8 Å². The third-order valence-electron chi connectivity index (χ3n) is 5.00. The summed E-state index contributed by atoms with van der Waals surface area (Å²) in [6.07, 6.45) is 2.98. The first kappa shape index (κ1) is 11.8. The average molecular weight is 250 g/mol. The van der Waals surface area contributed by atoms with Gasteiger partial charge in [-0.2, -0.15) is 0 Å². The van der Waals surface area contributed by atoms with E-state index >= 15 is 0 Å². The van der Waals surface area contributed by atoms with E-state index in [1.807, 2.05) is 0 Å². The van der Waals surface area contributed by atoms with E-state index in [9.17, 15) is 9.59 Å². The highest BCUT2D eigenvalue weighted by atomic mass is 16.6. The standard InChI is InChI=1S/C14H18O4/c1-3-7-8-5-10(18-11(15)4-2)12(7)13-9(8)6-17-14(13)16/h4,7-10,12-13H,2-3,5-6H2,1H3. The molecule has 4 heteroatoms. The van der Waals surface area contributed by atoms with Crippen molar-refractivity contribution >= 4 is 11.9 Å². The Hall–Kier alpha value is -1.32. The molecule has 1 saturated heterocycles. The predicted octanol–water partition coefficient (Wildman–Crippen LogP) is 1.55. The van der Waals surface area contributed by atoms with E-state index < -0.39 is 0 Å². The molecule has 0 aromatic carbocycles. The fourth-order valence-corrected chi connectivity index (χ4v) is 4.44. The van der Waals surface area contributed by atoms with Crippen LogP contribution in [-0.4, -0.2) is 24.6 Å². The third kappa shape index (κ3) is 1.44. The van der Waals surface area contributed by atoms with E-state index in [-0.39, 0.29) is 29.9 Å². The molecule has 3 fully saturated rings. The van der Waals surface area contributed by atoms with Crippen molar-refractivity contribution in [1.29, 1.82) is 0 Å². The number of rotatable bonds is 3. The minimum absolute atomic E-state index is 0.0451. The van der Waals surface area contributed by atoms with Crippen molar-refractivity contribution in [2.75, 3.05) is 6.61 Å². The normalized spacial score (nSPS) is 44.6. The third-order valence-corrected chi connectivity index (χ3v) is 5.00. The molecule has 0 aromatic heterocycles. The zero-order chi connectivity index (χ0) is 12.9. The molecule has 3 aliphatic rings. The van der Waals surface area contributed by atoms with Gasteiger partial charge in [0.2, 0.25) is 0 Å². The van der Waals surface area contributed by atoms with Crippen molar-refractivity contribution in [2.24, 2.45) is 29.6 Å². The lowest BCUT2D eigenvalue weighted by Gasteiger charge is -2.27. The van der Waals surface area contributed by atoms with Crippen LogP contribution in [0.4, 0.5) is 0 Å². The molecule has 2 saturated carbocycles. The molecule has 98 valence electrons. The Bertz CT molecular complexity index is 403. The highest BCUT2D eigenvalue weighted by molar-refractivity contribution is 5.81. The van der Waals surface area contributed by atoms with Gasteiger partial charge < -0.3 is 9.47 Å². The SMILES string of the molecule is C=CC(=O)OC1CC2C3COC(=O)C3C1C2CC. The molecule has 1 aliphatic heterocycles. The van der Waals surface area contributed by atoms with Crippen molar-refractivity contribution in [3.05, 3.63) is 12.7 Å². The second-order valence-electron chi connectivity index (χ2n) is 5.55. The Balaban J connectivity index is 1.84. The summed E-state index contributed by atoms with van der Waals surface area (Å²) >= 11 is 0. The van der Waals surface area contributed by atoms with Crippen LogP contribution in [0.25, 0.3) is 0 Å². The van der Waals surface area contributed by atoms with E-state index in [1.165, 1.54) is 6.08 Å². The Morgan fingerprint density at radius 3 is 3.00 bits per heavy atom. The minimum atomic E-state index is -0.384. The molecular weight excluding hydrogens is 232 g/mol. The Kier molecular flexibility index (Phi) is 2.68. The van der Waals surface area contributed by atoms with E-state index in [4.69, 9.17) is 9.47 Å². The Labute approximate surface area is 106 Å². The molecule has 0 radical (unpaired) electrons. The second-order valence-corrected chi connectivity index (χ2v) is 5.55. The molecule has 4 nitrogen and oxygen atoms in total.